The molecule has 0 bridgehead atoms. The molecule has 0 aliphatic rings. The first-order chi connectivity index (χ1) is 13.5. The largest absolute Gasteiger partial charge is 0.358 e. The monoisotopic (exact) mass is 429 g/mol. The van der Waals surface area contributed by atoms with Gasteiger partial charge in [-0.2, -0.15) is 0 Å². The normalized spacial score (nSPS) is 12.9. The molecule has 2 heterocycles. The number of rotatable bonds is 12. The summed E-state index contributed by atoms with van der Waals surface area (Å²) in [6.07, 6.45) is 6.01. The molecule has 0 aromatic carbocycles. The summed E-state index contributed by atoms with van der Waals surface area (Å²) in [6, 6.07) is 1.71. The van der Waals surface area contributed by atoms with Gasteiger partial charge < -0.3 is 18.9 Å². The number of hydrogen-bond donors (Lipinski definition) is 1. The van der Waals surface area contributed by atoms with Crippen LogP contribution in [0.4, 0.5) is 5.95 Å². The number of halogens is 1. The van der Waals surface area contributed by atoms with Crippen molar-refractivity contribution >= 4 is 25.1 Å². The van der Waals surface area contributed by atoms with E-state index in [2.05, 4.69) is 27.2 Å². The second-order valence-corrected chi connectivity index (χ2v) is 8.52. The average molecular weight is 430 g/mol. The highest BCUT2D eigenvalue weighted by Crippen LogP contribution is 2.61. The Morgan fingerprint density at radius 3 is 2.36 bits per heavy atom. The van der Waals surface area contributed by atoms with Gasteiger partial charge in [0.15, 0.2) is 10.9 Å². The minimum Gasteiger partial charge on any atom is -0.335 e. The van der Waals surface area contributed by atoms with Gasteiger partial charge in [0, 0.05) is 25.4 Å². The summed E-state index contributed by atoms with van der Waals surface area (Å²) in [5, 5.41) is 3.39. The van der Waals surface area contributed by atoms with Crippen LogP contribution in [0.1, 0.15) is 57.8 Å². The number of nitrogens with zero attached hydrogens (tertiary/aromatic N) is 4. The van der Waals surface area contributed by atoms with Gasteiger partial charge in [0.05, 0.1) is 18.9 Å². The molecule has 10 heteroatoms. The Morgan fingerprint density at radius 1 is 1.18 bits per heavy atom. The molecule has 0 aliphatic carbocycles. The van der Waals surface area contributed by atoms with Crippen LogP contribution in [-0.2, 0) is 26.6 Å². The number of imidazole rings is 1. The lowest BCUT2D eigenvalue weighted by Crippen LogP contribution is -2.20. The zero-order valence-electron chi connectivity index (χ0n) is 16.9. The van der Waals surface area contributed by atoms with Crippen LogP contribution in [0.5, 0.6) is 0 Å². The van der Waals surface area contributed by atoms with Gasteiger partial charge in [0.2, 0.25) is 5.95 Å². The first-order valence-corrected chi connectivity index (χ1v) is 11.7. The van der Waals surface area contributed by atoms with Gasteiger partial charge in [-0.3, -0.25) is 4.57 Å². The van der Waals surface area contributed by atoms with E-state index in [-0.39, 0.29) is 18.4 Å². The molecule has 2 rings (SSSR count). The minimum atomic E-state index is -3.63. The minimum absolute atomic E-state index is 0.228. The van der Waals surface area contributed by atoms with Gasteiger partial charge in [-0.25, -0.2) is 15.0 Å². The fourth-order valence-corrected chi connectivity index (χ4v) is 5.27. The van der Waals surface area contributed by atoms with E-state index >= 15 is 0 Å². The predicted octanol–water partition coefficient (Wildman–Crippen LogP) is 5.07. The van der Waals surface area contributed by atoms with Crippen molar-refractivity contribution in [2.75, 3.05) is 18.5 Å². The lowest BCUT2D eigenvalue weighted by Gasteiger charge is -2.28. The van der Waals surface area contributed by atoms with Gasteiger partial charge >= 0.3 is 7.60 Å². The molecule has 1 N–H and O–H groups in total. The first-order valence-electron chi connectivity index (χ1n) is 9.67. The molecule has 0 fully saturated rings. The number of nitrogens with one attached hydrogen (secondary N) is 1. The summed E-state index contributed by atoms with van der Waals surface area (Å²) < 4.78 is 26.9. The Morgan fingerprint density at radius 2 is 1.82 bits per heavy atom. The van der Waals surface area contributed by atoms with Crippen molar-refractivity contribution in [1.29, 1.82) is 0 Å². The van der Waals surface area contributed by atoms with E-state index in [0.29, 0.717) is 18.2 Å². The van der Waals surface area contributed by atoms with Gasteiger partial charge in [0.25, 0.3) is 0 Å². The summed E-state index contributed by atoms with van der Waals surface area (Å²) in [5.41, 5.74) is 0.563. The Hall–Kier alpha value is -1.47. The molecule has 2 aromatic heterocycles. The first kappa shape index (κ1) is 22.8. The van der Waals surface area contributed by atoms with Crippen molar-refractivity contribution in [1.82, 2.24) is 19.5 Å². The molecule has 0 amide bonds. The third kappa shape index (κ3) is 5.32. The van der Waals surface area contributed by atoms with Crippen molar-refractivity contribution in [3.8, 4) is 0 Å². The lowest BCUT2D eigenvalue weighted by molar-refractivity contribution is 0.213. The Kier molecular flexibility index (Phi) is 8.89. The van der Waals surface area contributed by atoms with Crippen molar-refractivity contribution in [2.24, 2.45) is 0 Å². The fraction of sp³-hybridized carbons (Fsp3) is 0.611. The van der Waals surface area contributed by atoms with Gasteiger partial charge in [-0.1, -0.05) is 24.9 Å². The van der Waals surface area contributed by atoms with Gasteiger partial charge in [-0.05, 0) is 33.3 Å². The Labute approximate surface area is 171 Å². The van der Waals surface area contributed by atoms with E-state index in [9.17, 15) is 4.57 Å². The van der Waals surface area contributed by atoms with Crippen LogP contribution < -0.4 is 5.32 Å². The number of anilines is 1. The lowest BCUT2D eigenvalue weighted by atomic mass is 10.2. The summed E-state index contributed by atoms with van der Waals surface area (Å²) in [5.74, 6) is 0.275. The third-order valence-corrected chi connectivity index (χ3v) is 6.66. The van der Waals surface area contributed by atoms with E-state index in [0.717, 1.165) is 25.1 Å². The van der Waals surface area contributed by atoms with E-state index < -0.39 is 13.4 Å². The van der Waals surface area contributed by atoms with Crippen molar-refractivity contribution in [3.05, 3.63) is 35.1 Å². The fourth-order valence-electron chi connectivity index (χ4n) is 2.96. The maximum Gasteiger partial charge on any atom is 0.358 e. The summed E-state index contributed by atoms with van der Waals surface area (Å²) >= 11 is 6.53. The molecule has 2 aromatic rings. The molecular formula is C18H29ClN5O3P. The molecule has 8 nitrogen and oxygen atoms in total. The second kappa shape index (κ2) is 10.9. The van der Waals surface area contributed by atoms with Crippen molar-refractivity contribution in [2.45, 2.75) is 59.3 Å². The maximum atomic E-state index is 13.7. The van der Waals surface area contributed by atoms with E-state index in [1.54, 1.807) is 32.3 Å². The highest BCUT2D eigenvalue weighted by Gasteiger charge is 2.41. The Balaban J connectivity index is 2.58. The summed E-state index contributed by atoms with van der Waals surface area (Å²) in [6.45, 7) is 8.74. The molecule has 0 spiro atoms. The number of unbranched alkanes of at least 4 members (excludes halogenated alkanes) is 1. The van der Waals surface area contributed by atoms with Crippen molar-refractivity contribution in [3.63, 3.8) is 0 Å². The number of aromatic nitrogens is 4. The van der Waals surface area contributed by atoms with Crippen LogP contribution in [0.2, 0.25) is 5.15 Å². The molecule has 0 saturated carbocycles. The van der Waals surface area contributed by atoms with E-state index in [4.69, 9.17) is 20.6 Å². The third-order valence-electron chi connectivity index (χ3n) is 4.14. The van der Waals surface area contributed by atoms with E-state index in [1.165, 1.54) is 0 Å². The highest BCUT2D eigenvalue weighted by atomic mass is 35.5. The van der Waals surface area contributed by atoms with Crippen LogP contribution in [0.3, 0.4) is 0 Å². The van der Waals surface area contributed by atoms with Gasteiger partial charge in [0.1, 0.15) is 5.82 Å². The zero-order valence-corrected chi connectivity index (χ0v) is 18.5. The zero-order chi connectivity index (χ0) is 20.6. The number of hydrogen-bond acceptors (Lipinski definition) is 7. The van der Waals surface area contributed by atoms with Crippen LogP contribution in [0.15, 0.2) is 18.5 Å². The molecule has 0 radical (unpaired) electrons. The van der Waals surface area contributed by atoms with Crippen LogP contribution in [0.25, 0.3) is 0 Å². The van der Waals surface area contributed by atoms with E-state index in [1.807, 2.05) is 11.5 Å². The molecule has 0 saturated heterocycles. The number of aryl methyl sites for hydroxylation is 1. The maximum absolute atomic E-state index is 13.7. The van der Waals surface area contributed by atoms with Gasteiger partial charge in [-0.15, -0.1) is 0 Å². The molecule has 0 aliphatic heterocycles. The molecule has 1 atom stereocenters. The van der Waals surface area contributed by atoms with Crippen LogP contribution >= 0.6 is 19.2 Å². The Bertz CT molecular complexity index is 777. The standard InChI is InChI=1S/C18H29ClN5O3P/c1-5-9-11-14-22-16(19)15(24(14)6-2)17(23-18-20-12-10-13-21-18)28(25,26-7-3)27-8-4/h10,12-13,17H,5-9,11H2,1-4H3,(H,20,21,23). The van der Waals surface area contributed by atoms with Crippen LogP contribution in [0, 0.1) is 0 Å². The molecule has 156 valence electrons. The quantitative estimate of drug-likeness (QED) is 0.471. The summed E-state index contributed by atoms with van der Waals surface area (Å²) in [7, 11) is -3.63. The SMILES string of the molecule is CCCCc1nc(Cl)c(C(Nc2ncccn2)P(=O)(OCC)OCC)n1CC. The molecular weight excluding hydrogens is 401 g/mol. The second-order valence-electron chi connectivity index (χ2n) is 6.05. The molecule has 1 unspecified atom stereocenters. The van der Waals surface area contributed by atoms with Crippen LogP contribution in [-0.4, -0.2) is 32.7 Å². The molecule has 28 heavy (non-hydrogen) atoms. The highest BCUT2D eigenvalue weighted by molar-refractivity contribution is 7.54. The average Bonchev–Trinajstić information content (AvgIpc) is 3.00. The topological polar surface area (TPSA) is 91.2 Å². The smallest absolute Gasteiger partial charge is 0.335 e. The summed E-state index contributed by atoms with van der Waals surface area (Å²) in [4.78, 5) is 12.9. The van der Waals surface area contributed by atoms with Crippen molar-refractivity contribution < 1.29 is 13.6 Å². The predicted molar refractivity (Wildman–Crippen MR) is 111 cm³/mol.